The summed E-state index contributed by atoms with van der Waals surface area (Å²) in [4.78, 5) is 27.3. The molecule has 0 unspecified atom stereocenters. The van der Waals surface area contributed by atoms with Crippen molar-refractivity contribution in [1.82, 2.24) is 4.90 Å². The van der Waals surface area contributed by atoms with Crippen LogP contribution in [0, 0.1) is 10.1 Å². The molecule has 0 aliphatic carbocycles. The highest BCUT2D eigenvalue weighted by atomic mass is 35.5. The van der Waals surface area contributed by atoms with Gasteiger partial charge in [-0.3, -0.25) is 14.9 Å². The van der Waals surface area contributed by atoms with Gasteiger partial charge in [-0.2, -0.15) is 0 Å². The summed E-state index contributed by atoms with van der Waals surface area (Å²) >= 11 is 12.5. The predicted molar refractivity (Wildman–Crippen MR) is 107 cm³/mol. The molecule has 0 radical (unpaired) electrons. The van der Waals surface area contributed by atoms with Gasteiger partial charge in [0.2, 0.25) is 0 Å². The second-order valence-corrected chi connectivity index (χ2v) is 7.12. The Kier molecular flexibility index (Phi) is 5.84. The molecule has 3 rings (SSSR count). The number of nitro benzene ring substituents is 1. The van der Waals surface area contributed by atoms with E-state index < -0.39 is 10.8 Å². The monoisotopic (exact) mass is 408 g/mol. The van der Waals surface area contributed by atoms with E-state index in [1.807, 2.05) is 0 Å². The lowest BCUT2D eigenvalue weighted by atomic mass is 10.1. The number of hydrogen-bond donors (Lipinski definition) is 1. The van der Waals surface area contributed by atoms with Crippen LogP contribution in [-0.4, -0.2) is 49.0 Å². The summed E-state index contributed by atoms with van der Waals surface area (Å²) in [5.74, 6) is -0.451. The van der Waals surface area contributed by atoms with Crippen LogP contribution in [-0.2, 0) is 0 Å². The van der Waals surface area contributed by atoms with Crippen LogP contribution in [0.5, 0.6) is 0 Å². The Morgan fingerprint density at radius 1 is 1.11 bits per heavy atom. The summed E-state index contributed by atoms with van der Waals surface area (Å²) < 4.78 is 0. The van der Waals surface area contributed by atoms with Crippen molar-refractivity contribution in [1.29, 1.82) is 0 Å². The van der Waals surface area contributed by atoms with Crippen LogP contribution in [0.25, 0.3) is 0 Å². The van der Waals surface area contributed by atoms with E-state index in [0.29, 0.717) is 10.7 Å². The molecule has 1 amide bonds. The zero-order valence-electron chi connectivity index (χ0n) is 14.6. The third-order valence-electron chi connectivity index (χ3n) is 4.46. The predicted octanol–water partition coefficient (Wildman–Crippen LogP) is 3.91. The van der Waals surface area contributed by atoms with Crippen molar-refractivity contribution >= 4 is 46.2 Å². The first-order chi connectivity index (χ1) is 12.9. The van der Waals surface area contributed by atoms with Crippen molar-refractivity contribution in [2.45, 2.75) is 0 Å². The third-order valence-corrected chi connectivity index (χ3v) is 5.08. The number of rotatable bonds is 4. The van der Waals surface area contributed by atoms with Gasteiger partial charge in [0, 0.05) is 38.3 Å². The first-order valence-corrected chi connectivity index (χ1v) is 9.09. The molecule has 0 spiro atoms. The van der Waals surface area contributed by atoms with E-state index in [0.717, 1.165) is 37.9 Å². The molecule has 2 aromatic rings. The van der Waals surface area contributed by atoms with Gasteiger partial charge in [-0.25, -0.2) is 0 Å². The lowest BCUT2D eigenvalue weighted by molar-refractivity contribution is -0.384. The molecular weight excluding hydrogens is 391 g/mol. The number of carbonyl (C=O) groups excluding carboxylic acids is 1. The quantitative estimate of drug-likeness (QED) is 0.612. The fraction of sp³-hybridized carbons (Fsp3) is 0.278. The fourth-order valence-corrected chi connectivity index (χ4v) is 3.51. The first kappa shape index (κ1) is 19.4. The van der Waals surface area contributed by atoms with Crippen LogP contribution in [0.2, 0.25) is 10.0 Å². The molecule has 9 heteroatoms. The minimum Gasteiger partial charge on any atom is -0.366 e. The number of non-ortho nitro benzene ring substituents is 1. The normalized spacial score (nSPS) is 14.9. The molecule has 2 aromatic carbocycles. The summed E-state index contributed by atoms with van der Waals surface area (Å²) in [6, 6.07) is 9.07. The number of halogens is 2. The Morgan fingerprint density at radius 2 is 1.81 bits per heavy atom. The number of benzene rings is 2. The molecule has 7 nitrogen and oxygen atoms in total. The maximum Gasteiger partial charge on any atom is 0.270 e. The third kappa shape index (κ3) is 4.32. The summed E-state index contributed by atoms with van der Waals surface area (Å²) in [5, 5.41) is 14.2. The zero-order valence-corrected chi connectivity index (χ0v) is 16.1. The minimum absolute atomic E-state index is 0.0184. The van der Waals surface area contributed by atoms with Crippen LogP contribution < -0.4 is 10.2 Å². The first-order valence-electron chi connectivity index (χ1n) is 8.34. The van der Waals surface area contributed by atoms with E-state index in [9.17, 15) is 14.9 Å². The Labute approximate surface area is 166 Å². The Balaban J connectivity index is 1.86. The van der Waals surface area contributed by atoms with Crippen molar-refractivity contribution < 1.29 is 9.72 Å². The molecule has 0 saturated carbocycles. The van der Waals surface area contributed by atoms with Gasteiger partial charge in [0.05, 0.1) is 31.9 Å². The number of nitro groups is 1. The number of para-hydroxylation sites is 1. The van der Waals surface area contributed by atoms with Crippen LogP contribution in [0.1, 0.15) is 10.4 Å². The maximum absolute atomic E-state index is 12.7. The molecule has 0 aromatic heterocycles. The second kappa shape index (κ2) is 8.12. The molecule has 0 atom stereocenters. The van der Waals surface area contributed by atoms with Crippen LogP contribution >= 0.6 is 23.2 Å². The molecule has 1 aliphatic heterocycles. The lowest BCUT2D eigenvalue weighted by Gasteiger charge is -2.35. The molecule has 27 heavy (non-hydrogen) atoms. The molecule has 1 aliphatic rings. The Hall–Kier alpha value is -2.35. The Morgan fingerprint density at radius 3 is 2.44 bits per heavy atom. The highest BCUT2D eigenvalue weighted by molar-refractivity contribution is 6.35. The smallest absolute Gasteiger partial charge is 0.270 e. The molecule has 1 N–H and O–H groups in total. The van der Waals surface area contributed by atoms with E-state index in [1.54, 1.807) is 18.2 Å². The number of nitrogens with zero attached hydrogens (tertiary/aromatic N) is 3. The lowest BCUT2D eigenvalue weighted by Crippen LogP contribution is -2.44. The summed E-state index contributed by atoms with van der Waals surface area (Å²) in [6.07, 6.45) is 0. The summed E-state index contributed by atoms with van der Waals surface area (Å²) in [7, 11) is 2.06. The van der Waals surface area contributed by atoms with Crippen molar-refractivity contribution in [2.75, 3.05) is 43.4 Å². The number of amides is 1. The van der Waals surface area contributed by atoms with Crippen molar-refractivity contribution in [3.05, 3.63) is 62.1 Å². The highest BCUT2D eigenvalue weighted by Crippen LogP contribution is 2.35. The number of anilines is 2. The maximum atomic E-state index is 12.7. The van der Waals surface area contributed by atoms with Gasteiger partial charge in [-0.15, -0.1) is 0 Å². The van der Waals surface area contributed by atoms with Crippen LogP contribution in [0.15, 0.2) is 36.4 Å². The van der Waals surface area contributed by atoms with Gasteiger partial charge in [-0.05, 0) is 25.2 Å². The SMILES string of the molecule is CN1CCN(c2c(Cl)cccc2NC(=O)c2ccc([N+](=O)[O-])cc2Cl)CC1. The number of hydrogen-bond acceptors (Lipinski definition) is 5. The van der Waals surface area contributed by atoms with E-state index in [2.05, 4.69) is 22.2 Å². The number of likely N-dealkylation sites (N-methyl/N-ethyl adjacent to an activating group) is 1. The largest absolute Gasteiger partial charge is 0.366 e. The van der Waals surface area contributed by atoms with Crippen molar-refractivity contribution in [3.8, 4) is 0 Å². The number of piperazine rings is 1. The Bertz CT molecular complexity index is 883. The highest BCUT2D eigenvalue weighted by Gasteiger charge is 2.22. The fourth-order valence-electron chi connectivity index (χ4n) is 2.96. The summed E-state index contributed by atoms with van der Waals surface area (Å²) in [6.45, 7) is 3.38. The van der Waals surface area contributed by atoms with Crippen molar-refractivity contribution in [3.63, 3.8) is 0 Å². The van der Waals surface area contributed by atoms with Crippen molar-refractivity contribution in [2.24, 2.45) is 0 Å². The van der Waals surface area contributed by atoms with Gasteiger partial charge in [0.25, 0.3) is 11.6 Å². The standard InChI is InChI=1S/C18H18Cl2N4O3/c1-22-7-9-23(10-8-22)17-14(19)3-2-4-16(17)21-18(25)13-6-5-12(24(26)27)11-15(13)20/h2-6,11H,7-10H2,1H3,(H,21,25). The van der Waals surface area contributed by atoms with Gasteiger partial charge in [0.15, 0.2) is 0 Å². The van der Waals surface area contributed by atoms with E-state index >= 15 is 0 Å². The molecule has 1 fully saturated rings. The zero-order chi connectivity index (χ0) is 19.6. The topological polar surface area (TPSA) is 78.7 Å². The molecule has 1 heterocycles. The summed E-state index contributed by atoms with van der Waals surface area (Å²) in [5.41, 5.74) is 1.33. The van der Waals surface area contributed by atoms with E-state index in [1.165, 1.54) is 12.1 Å². The average Bonchev–Trinajstić information content (AvgIpc) is 2.62. The van der Waals surface area contributed by atoms with Gasteiger partial charge in [-0.1, -0.05) is 29.3 Å². The molecule has 1 saturated heterocycles. The van der Waals surface area contributed by atoms with Crippen LogP contribution in [0.4, 0.5) is 17.1 Å². The number of carbonyl (C=O) groups is 1. The van der Waals surface area contributed by atoms with Crippen LogP contribution in [0.3, 0.4) is 0 Å². The molecule has 0 bridgehead atoms. The molecule has 142 valence electrons. The second-order valence-electron chi connectivity index (χ2n) is 6.30. The molecular formula is C18H18Cl2N4O3. The number of nitrogens with one attached hydrogen (secondary N) is 1. The van der Waals surface area contributed by atoms with Gasteiger partial charge < -0.3 is 15.1 Å². The van der Waals surface area contributed by atoms with Gasteiger partial charge in [0.1, 0.15) is 0 Å². The van der Waals surface area contributed by atoms with Gasteiger partial charge >= 0.3 is 0 Å². The minimum atomic E-state index is -0.560. The average molecular weight is 409 g/mol. The van der Waals surface area contributed by atoms with E-state index in [4.69, 9.17) is 23.2 Å². The van der Waals surface area contributed by atoms with E-state index in [-0.39, 0.29) is 16.3 Å².